The molecule has 6 rings (SSSR count). The Morgan fingerprint density at radius 1 is 0.544 bits per heavy atom. The second-order valence-electron chi connectivity index (χ2n) is 14.7. The number of sulfonamides is 1. The number of benzene rings is 2. The molecule has 324 valence electrons. The van der Waals surface area contributed by atoms with E-state index in [0.29, 0.717) is 50.3 Å². The van der Waals surface area contributed by atoms with E-state index in [1.807, 2.05) is 14.1 Å². The first-order valence-electron chi connectivity index (χ1n) is 19.0. The van der Waals surface area contributed by atoms with Crippen LogP contribution in [0, 0.1) is 0 Å². The highest BCUT2D eigenvalue weighted by atomic mass is 32.2. The zero-order chi connectivity index (χ0) is 41.9. The van der Waals surface area contributed by atoms with E-state index >= 15 is 0 Å². The minimum atomic E-state index is -4.73. The van der Waals surface area contributed by atoms with Crippen LogP contribution in [0.25, 0.3) is 0 Å². The highest BCUT2D eigenvalue weighted by Crippen LogP contribution is 2.29. The van der Waals surface area contributed by atoms with Crippen molar-refractivity contribution in [3.05, 3.63) is 48.5 Å². The van der Waals surface area contributed by atoms with Gasteiger partial charge in [0.05, 0.1) is 10.5 Å². The molecule has 4 heterocycles. The molecule has 2 aromatic rings. The quantitative estimate of drug-likeness (QED) is 0.313. The molecule has 12 nitrogen and oxygen atoms in total. The fourth-order valence-corrected chi connectivity index (χ4v) is 9.86. The van der Waals surface area contributed by atoms with Crippen molar-refractivity contribution < 1.29 is 62.1 Å². The lowest BCUT2D eigenvalue weighted by molar-refractivity contribution is -0.275. The van der Waals surface area contributed by atoms with Gasteiger partial charge in [-0.15, -0.1) is 26.3 Å². The van der Waals surface area contributed by atoms with Crippen LogP contribution < -0.4 is 24.3 Å². The van der Waals surface area contributed by atoms with Crippen molar-refractivity contribution in [2.24, 2.45) is 0 Å². The van der Waals surface area contributed by atoms with E-state index in [4.69, 9.17) is 9.47 Å². The lowest BCUT2D eigenvalue weighted by Crippen LogP contribution is -2.48. The predicted molar refractivity (Wildman–Crippen MR) is 203 cm³/mol. The maximum atomic E-state index is 12.8. The molecule has 4 fully saturated rings. The van der Waals surface area contributed by atoms with Crippen molar-refractivity contribution in [2.75, 3.05) is 72.7 Å². The average molecular weight is 861 g/mol. The molecule has 0 radical (unpaired) electrons. The van der Waals surface area contributed by atoms with Crippen LogP contribution in [0.4, 0.5) is 26.3 Å². The van der Waals surface area contributed by atoms with Gasteiger partial charge in [-0.2, -0.15) is 0 Å². The maximum Gasteiger partial charge on any atom is 0.573 e. The molecule has 57 heavy (non-hydrogen) atoms. The molecule has 0 aromatic heterocycles. The van der Waals surface area contributed by atoms with Crippen LogP contribution in [0.5, 0.6) is 23.0 Å². The van der Waals surface area contributed by atoms with Gasteiger partial charge in [0.1, 0.15) is 45.0 Å². The number of ether oxygens (including phenoxy) is 4. The van der Waals surface area contributed by atoms with Crippen molar-refractivity contribution in [1.82, 2.24) is 19.4 Å². The minimum Gasteiger partial charge on any atom is -0.490 e. The van der Waals surface area contributed by atoms with E-state index in [1.165, 1.54) is 54.8 Å². The van der Waals surface area contributed by atoms with Crippen LogP contribution in [0.15, 0.2) is 48.5 Å². The summed E-state index contributed by atoms with van der Waals surface area (Å²) in [6.07, 6.45) is -2.28. The van der Waals surface area contributed by atoms with Gasteiger partial charge < -0.3 is 34.1 Å². The Kier molecular flexibility index (Phi) is 17.0. The Labute approximate surface area is 331 Å². The van der Waals surface area contributed by atoms with Crippen LogP contribution in [0.1, 0.15) is 51.4 Å². The lowest BCUT2D eigenvalue weighted by Gasteiger charge is -2.36. The highest BCUT2D eigenvalue weighted by molar-refractivity contribution is 7.91. The second kappa shape index (κ2) is 20.8. The molecule has 4 aliphatic heterocycles. The fourth-order valence-electron chi connectivity index (χ4n) is 6.85. The van der Waals surface area contributed by atoms with Gasteiger partial charge in [0.2, 0.25) is 10.0 Å². The zero-order valence-electron chi connectivity index (χ0n) is 32.4. The molecule has 0 amide bonds. The van der Waals surface area contributed by atoms with Crippen LogP contribution in [-0.2, 0) is 19.9 Å². The lowest BCUT2D eigenvalue weighted by atomic mass is 10.1. The Balaban J connectivity index is 0.000000211. The van der Waals surface area contributed by atoms with Crippen molar-refractivity contribution in [3.63, 3.8) is 0 Å². The zero-order valence-corrected chi connectivity index (χ0v) is 34.1. The standard InChI is InChI=1S/C18H25F3N2O4S.C12H14F3NO2.C7H15NO2S/c1-22-10-8-17(9-11-22)28(24,25)23-12-6-15(7-13-23)26-14-2-4-16(5-3-14)27-18(19,20)21;13-12(14,15)18-11-3-1-9(2-4-11)17-10-5-7-16-8-6-10;1-8-5-3-7(4-6-8)11(2,9)10/h2-5,15,17H,6-13H2,1H3;1-4,10,16H,5-8H2;7H,3-6H2,1-2H3. The SMILES string of the molecule is CN1CCC(S(=O)(=O)N2CCC(Oc3ccc(OC(F)(F)F)cc3)CC2)CC1.CN1CCC(S(C)(=O)=O)CC1.FC(F)(F)Oc1ccc(OC2CCNCC2)cc1. The number of rotatable bonds is 9. The third-order valence-corrected chi connectivity index (χ3v) is 14.2. The fraction of sp³-hybridized carbons (Fsp3) is 0.676. The van der Waals surface area contributed by atoms with Crippen molar-refractivity contribution in [1.29, 1.82) is 0 Å². The van der Waals surface area contributed by atoms with E-state index < -0.39 is 32.6 Å². The summed E-state index contributed by atoms with van der Waals surface area (Å²) >= 11 is 0. The smallest absolute Gasteiger partial charge is 0.490 e. The molecule has 0 spiro atoms. The number of nitrogens with zero attached hydrogens (tertiary/aromatic N) is 3. The Hall–Kier alpha value is -3.04. The van der Waals surface area contributed by atoms with Gasteiger partial charge in [-0.3, -0.25) is 0 Å². The summed E-state index contributed by atoms with van der Waals surface area (Å²) in [5.41, 5.74) is 0. The molecular weight excluding hydrogens is 807 g/mol. The van der Waals surface area contributed by atoms with Gasteiger partial charge in [-0.05, 0) is 153 Å². The number of halogens is 6. The third kappa shape index (κ3) is 16.6. The monoisotopic (exact) mass is 860 g/mol. The van der Waals surface area contributed by atoms with E-state index in [2.05, 4.69) is 24.6 Å². The average Bonchev–Trinajstić information content (AvgIpc) is 3.13. The van der Waals surface area contributed by atoms with E-state index in [9.17, 15) is 43.2 Å². The molecule has 4 saturated heterocycles. The Morgan fingerprint density at radius 3 is 1.26 bits per heavy atom. The number of alkyl halides is 6. The summed E-state index contributed by atoms with van der Waals surface area (Å²) < 4.78 is 141. The summed E-state index contributed by atoms with van der Waals surface area (Å²) in [5.74, 6) is 0.460. The molecule has 0 aliphatic carbocycles. The highest BCUT2D eigenvalue weighted by Gasteiger charge is 2.37. The van der Waals surface area contributed by atoms with Gasteiger partial charge >= 0.3 is 12.7 Å². The summed E-state index contributed by atoms with van der Waals surface area (Å²) in [5, 5.41) is 2.81. The first kappa shape index (κ1) is 46.6. The molecule has 0 saturated carbocycles. The van der Waals surface area contributed by atoms with Gasteiger partial charge in [0.15, 0.2) is 0 Å². The molecular formula is C37H54F6N4O8S2. The van der Waals surface area contributed by atoms with E-state index in [1.54, 1.807) is 4.31 Å². The van der Waals surface area contributed by atoms with Gasteiger partial charge in [0, 0.05) is 19.3 Å². The number of hydrogen-bond donors (Lipinski definition) is 1. The number of sulfone groups is 1. The maximum absolute atomic E-state index is 12.8. The predicted octanol–water partition coefficient (Wildman–Crippen LogP) is 5.69. The summed E-state index contributed by atoms with van der Waals surface area (Å²) in [4.78, 5) is 4.30. The van der Waals surface area contributed by atoms with Crippen LogP contribution >= 0.6 is 0 Å². The third-order valence-electron chi connectivity index (χ3n) is 10.1. The van der Waals surface area contributed by atoms with Gasteiger partial charge in [-0.1, -0.05) is 0 Å². The van der Waals surface area contributed by atoms with Gasteiger partial charge in [-0.25, -0.2) is 21.1 Å². The number of likely N-dealkylation sites (tertiary alicyclic amines) is 2. The molecule has 0 bridgehead atoms. The Morgan fingerprint density at radius 2 is 0.895 bits per heavy atom. The first-order valence-corrected chi connectivity index (χ1v) is 22.4. The molecule has 20 heteroatoms. The molecule has 4 aliphatic rings. The molecule has 2 aromatic carbocycles. The normalized spacial score (nSPS) is 20.7. The largest absolute Gasteiger partial charge is 0.573 e. The number of piperidine rings is 4. The number of nitrogens with one attached hydrogen (secondary N) is 1. The minimum absolute atomic E-state index is 0.0845. The van der Waals surface area contributed by atoms with Crippen LogP contribution in [0.3, 0.4) is 0 Å². The van der Waals surface area contributed by atoms with Gasteiger partial charge in [0.25, 0.3) is 0 Å². The van der Waals surface area contributed by atoms with E-state index in [-0.39, 0.29) is 34.2 Å². The van der Waals surface area contributed by atoms with Crippen LogP contribution in [-0.4, -0.2) is 139 Å². The summed E-state index contributed by atoms with van der Waals surface area (Å²) in [6, 6.07) is 10.7. The van der Waals surface area contributed by atoms with E-state index in [0.717, 1.165) is 65.0 Å². The summed E-state index contributed by atoms with van der Waals surface area (Å²) in [6.45, 7) is 6.01. The molecule has 0 unspecified atom stereocenters. The number of hydrogen-bond acceptors (Lipinski definition) is 11. The van der Waals surface area contributed by atoms with Crippen molar-refractivity contribution in [3.8, 4) is 23.0 Å². The topological polar surface area (TPSA) is 127 Å². The summed E-state index contributed by atoms with van der Waals surface area (Å²) in [7, 11) is -2.06. The Bertz CT molecular complexity index is 1710. The molecule has 1 N–H and O–H groups in total. The van der Waals surface area contributed by atoms with Crippen molar-refractivity contribution >= 4 is 19.9 Å². The first-order chi connectivity index (χ1) is 26.7. The van der Waals surface area contributed by atoms with Crippen molar-refractivity contribution in [2.45, 2.75) is 86.8 Å². The molecule has 0 atom stereocenters. The second-order valence-corrected chi connectivity index (χ2v) is 19.2. The van der Waals surface area contributed by atoms with Crippen LogP contribution in [0.2, 0.25) is 0 Å².